The molecule has 0 bridgehead atoms. The third kappa shape index (κ3) is 3.59. The Kier molecular flexibility index (Phi) is 5.19. The first-order valence-electron chi connectivity index (χ1n) is 8.00. The van der Waals surface area contributed by atoms with E-state index < -0.39 is 5.91 Å². The Balaban J connectivity index is 1.67. The average molecular weight is 355 g/mol. The van der Waals surface area contributed by atoms with Crippen molar-refractivity contribution < 1.29 is 14.4 Å². The first-order chi connectivity index (χ1) is 12.1. The molecule has 1 aromatic rings. The number of hydrogen-bond acceptors (Lipinski definition) is 5. The largest absolute Gasteiger partial charge is 0.324 e. The number of anilines is 1. The highest BCUT2D eigenvalue weighted by Crippen LogP contribution is 2.35. The maximum absolute atomic E-state index is 12.4. The molecule has 3 amide bonds. The summed E-state index contributed by atoms with van der Waals surface area (Å²) in [5.41, 5.74) is 0.575. The molecule has 1 heterocycles. The van der Waals surface area contributed by atoms with Crippen LogP contribution in [0.2, 0.25) is 0 Å². The van der Waals surface area contributed by atoms with Gasteiger partial charge in [0.1, 0.15) is 6.54 Å². The van der Waals surface area contributed by atoms with Crippen molar-refractivity contribution in [2.75, 3.05) is 17.6 Å². The SMILES string of the molecule is N#CCSc1ccccc1NC(=O)CN1C(=O)[C@H]2CC=CC[C@H]2C1=O. The Morgan fingerprint density at radius 3 is 2.48 bits per heavy atom. The normalized spacial score (nSPS) is 21.8. The smallest absolute Gasteiger partial charge is 0.244 e. The fourth-order valence-electron chi connectivity index (χ4n) is 3.16. The number of benzene rings is 1. The van der Waals surface area contributed by atoms with Crippen LogP contribution in [0.1, 0.15) is 12.8 Å². The molecule has 2 aliphatic rings. The van der Waals surface area contributed by atoms with Crippen LogP contribution in [0.3, 0.4) is 0 Å². The Hall–Kier alpha value is -2.59. The van der Waals surface area contributed by atoms with Crippen molar-refractivity contribution in [3.8, 4) is 6.07 Å². The number of nitrogens with zero attached hydrogens (tertiary/aromatic N) is 2. The van der Waals surface area contributed by atoms with Crippen LogP contribution in [0.25, 0.3) is 0 Å². The molecule has 1 aliphatic carbocycles. The minimum atomic E-state index is -0.418. The molecule has 7 heteroatoms. The number of amides is 3. The summed E-state index contributed by atoms with van der Waals surface area (Å²) in [5.74, 6) is -1.33. The van der Waals surface area contributed by atoms with Gasteiger partial charge in [0.15, 0.2) is 0 Å². The maximum atomic E-state index is 12.4. The zero-order chi connectivity index (χ0) is 17.8. The van der Waals surface area contributed by atoms with Gasteiger partial charge in [-0.2, -0.15) is 5.26 Å². The van der Waals surface area contributed by atoms with Crippen LogP contribution < -0.4 is 5.32 Å². The lowest BCUT2D eigenvalue weighted by Crippen LogP contribution is -2.38. The fraction of sp³-hybridized carbons (Fsp3) is 0.333. The Morgan fingerprint density at radius 2 is 1.84 bits per heavy atom. The standard InChI is InChI=1S/C18H17N3O3S/c19-9-10-25-15-8-4-3-7-14(15)20-16(22)11-21-17(23)12-5-1-2-6-13(12)18(21)24/h1-4,7-8,12-13H,5-6,10-11H2,(H,20,22)/t12-,13+. The van der Waals surface area contributed by atoms with Crippen molar-refractivity contribution in [3.63, 3.8) is 0 Å². The number of rotatable bonds is 5. The summed E-state index contributed by atoms with van der Waals surface area (Å²) in [6, 6.07) is 9.18. The zero-order valence-electron chi connectivity index (χ0n) is 13.5. The van der Waals surface area contributed by atoms with Crippen LogP contribution in [0.15, 0.2) is 41.3 Å². The lowest BCUT2D eigenvalue weighted by molar-refractivity contribution is -0.142. The van der Waals surface area contributed by atoms with Gasteiger partial charge in [-0.25, -0.2) is 0 Å². The summed E-state index contributed by atoms with van der Waals surface area (Å²) in [5, 5.41) is 11.4. The molecular formula is C18H17N3O3S. The van der Waals surface area contributed by atoms with E-state index in [1.54, 1.807) is 12.1 Å². The fourth-order valence-corrected chi connectivity index (χ4v) is 3.83. The predicted octanol–water partition coefficient (Wildman–Crippen LogP) is 2.19. The summed E-state index contributed by atoms with van der Waals surface area (Å²) < 4.78 is 0. The lowest BCUT2D eigenvalue weighted by atomic mass is 9.85. The molecule has 1 fully saturated rings. The molecule has 0 radical (unpaired) electrons. The molecule has 1 aliphatic heterocycles. The van der Waals surface area contributed by atoms with Gasteiger partial charge in [-0.1, -0.05) is 24.3 Å². The van der Waals surface area contributed by atoms with Crippen molar-refractivity contribution in [1.82, 2.24) is 4.90 Å². The maximum Gasteiger partial charge on any atom is 0.244 e. The summed E-state index contributed by atoms with van der Waals surface area (Å²) in [7, 11) is 0. The minimum Gasteiger partial charge on any atom is -0.324 e. The number of thioether (sulfide) groups is 1. The number of carbonyl (C=O) groups excluding carboxylic acids is 3. The third-order valence-corrected chi connectivity index (χ3v) is 5.29. The van der Waals surface area contributed by atoms with E-state index in [0.717, 1.165) is 9.80 Å². The minimum absolute atomic E-state index is 0.262. The van der Waals surface area contributed by atoms with Crippen LogP contribution in [0.5, 0.6) is 0 Å². The van der Waals surface area contributed by atoms with Crippen LogP contribution in [-0.4, -0.2) is 34.9 Å². The molecule has 1 N–H and O–H groups in total. The third-order valence-electron chi connectivity index (χ3n) is 4.35. The molecule has 128 valence electrons. The molecule has 25 heavy (non-hydrogen) atoms. The van der Waals surface area contributed by atoms with Crippen molar-refractivity contribution in [3.05, 3.63) is 36.4 Å². The molecule has 1 saturated heterocycles. The number of carbonyl (C=O) groups is 3. The quantitative estimate of drug-likeness (QED) is 0.497. The number of imide groups is 1. The summed E-state index contributed by atoms with van der Waals surface area (Å²) in [6.07, 6.45) is 4.94. The number of hydrogen-bond donors (Lipinski definition) is 1. The second-order valence-corrected chi connectivity index (χ2v) is 6.93. The summed E-state index contributed by atoms with van der Waals surface area (Å²) in [4.78, 5) is 39.0. The molecule has 0 spiro atoms. The van der Waals surface area contributed by atoms with Crippen LogP contribution in [-0.2, 0) is 14.4 Å². The Labute approximate surface area is 149 Å². The van der Waals surface area contributed by atoms with Gasteiger partial charge in [0, 0.05) is 4.90 Å². The van der Waals surface area contributed by atoms with E-state index in [0.29, 0.717) is 18.5 Å². The van der Waals surface area contributed by atoms with Crippen LogP contribution in [0, 0.1) is 23.2 Å². The van der Waals surface area contributed by atoms with E-state index >= 15 is 0 Å². The summed E-state index contributed by atoms with van der Waals surface area (Å²) in [6.45, 7) is -0.276. The number of para-hydroxylation sites is 1. The molecule has 0 unspecified atom stereocenters. The van der Waals surface area contributed by atoms with E-state index in [-0.39, 0.29) is 35.9 Å². The van der Waals surface area contributed by atoms with Gasteiger partial charge in [-0.05, 0) is 25.0 Å². The second-order valence-electron chi connectivity index (χ2n) is 5.91. The van der Waals surface area contributed by atoms with Crippen molar-refractivity contribution >= 4 is 35.2 Å². The van der Waals surface area contributed by atoms with Gasteiger partial charge in [-0.15, -0.1) is 11.8 Å². The predicted molar refractivity (Wildman–Crippen MR) is 93.5 cm³/mol. The number of fused-ring (bicyclic) bond motifs is 1. The molecule has 2 atom stereocenters. The first kappa shape index (κ1) is 17.2. The first-order valence-corrected chi connectivity index (χ1v) is 8.99. The van der Waals surface area contributed by atoms with E-state index in [9.17, 15) is 14.4 Å². The van der Waals surface area contributed by atoms with Gasteiger partial charge in [-0.3, -0.25) is 19.3 Å². The van der Waals surface area contributed by atoms with E-state index in [2.05, 4.69) is 5.32 Å². The van der Waals surface area contributed by atoms with Gasteiger partial charge in [0.2, 0.25) is 17.7 Å². The molecule has 3 rings (SSSR count). The Bertz CT molecular complexity index is 758. The van der Waals surface area contributed by atoms with Crippen molar-refractivity contribution in [1.29, 1.82) is 5.26 Å². The monoisotopic (exact) mass is 355 g/mol. The zero-order valence-corrected chi connectivity index (χ0v) is 14.3. The molecule has 0 saturated carbocycles. The summed E-state index contributed by atoms with van der Waals surface area (Å²) >= 11 is 1.32. The highest BCUT2D eigenvalue weighted by Gasteiger charge is 2.47. The van der Waals surface area contributed by atoms with Crippen molar-refractivity contribution in [2.45, 2.75) is 17.7 Å². The topological polar surface area (TPSA) is 90.3 Å². The van der Waals surface area contributed by atoms with Gasteiger partial charge >= 0.3 is 0 Å². The molecule has 1 aromatic carbocycles. The number of allylic oxidation sites excluding steroid dienone is 2. The van der Waals surface area contributed by atoms with Crippen LogP contribution >= 0.6 is 11.8 Å². The number of nitriles is 1. The number of nitrogens with one attached hydrogen (secondary N) is 1. The highest BCUT2D eigenvalue weighted by atomic mass is 32.2. The van der Waals surface area contributed by atoms with E-state index in [4.69, 9.17) is 5.26 Å². The molecule has 6 nitrogen and oxygen atoms in total. The lowest BCUT2D eigenvalue weighted by Gasteiger charge is -2.15. The average Bonchev–Trinajstić information content (AvgIpc) is 2.86. The van der Waals surface area contributed by atoms with Crippen molar-refractivity contribution in [2.24, 2.45) is 11.8 Å². The highest BCUT2D eigenvalue weighted by molar-refractivity contribution is 7.99. The van der Waals surface area contributed by atoms with Gasteiger partial charge < -0.3 is 5.32 Å². The molecular weight excluding hydrogens is 338 g/mol. The van der Waals surface area contributed by atoms with Crippen LogP contribution in [0.4, 0.5) is 5.69 Å². The van der Waals surface area contributed by atoms with E-state index in [1.807, 2.05) is 30.4 Å². The van der Waals surface area contributed by atoms with Gasteiger partial charge in [0.05, 0.1) is 29.3 Å². The Morgan fingerprint density at radius 1 is 1.20 bits per heavy atom. The van der Waals surface area contributed by atoms with E-state index in [1.165, 1.54) is 11.8 Å². The molecule has 0 aromatic heterocycles. The second kappa shape index (κ2) is 7.53. The van der Waals surface area contributed by atoms with Gasteiger partial charge in [0.25, 0.3) is 0 Å². The number of likely N-dealkylation sites (tertiary alicyclic amines) is 1.